The first kappa shape index (κ1) is 9.75. The van der Waals surface area contributed by atoms with Crippen LogP contribution in [0, 0.1) is 5.92 Å². The summed E-state index contributed by atoms with van der Waals surface area (Å²) in [6.07, 6.45) is 5.16. The van der Waals surface area contributed by atoms with E-state index < -0.39 is 5.91 Å². The van der Waals surface area contributed by atoms with E-state index in [2.05, 4.69) is 0 Å². The van der Waals surface area contributed by atoms with E-state index in [1.165, 1.54) is 6.08 Å². The van der Waals surface area contributed by atoms with Crippen LogP contribution >= 0.6 is 0 Å². The topological polar surface area (TPSA) is 69.1 Å². The number of carbonyl (C=O) groups excluding carboxylic acids is 1. The second kappa shape index (κ2) is 4.55. The van der Waals surface area contributed by atoms with Gasteiger partial charge >= 0.3 is 0 Å². The molecule has 62 valence electrons. The Balaban J connectivity index is 4.02. The van der Waals surface area contributed by atoms with Crippen LogP contribution in [0.2, 0.25) is 0 Å². The van der Waals surface area contributed by atoms with Gasteiger partial charge in [0.25, 0.3) is 5.91 Å². The van der Waals surface area contributed by atoms with Gasteiger partial charge in [-0.15, -0.1) is 0 Å². The van der Waals surface area contributed by atoms with Gasteiger partial charge in [-0.25, -0.2) is 0 Å². The van der Waals surface area contributed by atoms with Gasteiger partial charge < -0.3 is 11.5 Å². The van der Waals surface area contributed by atoms with Gasteiger partial charge in [0.1, 0.15) is 0 Å². The van der Waals surface area contributed by atoms with Crippen molar-refractivity contribution in [1.29, 1.82) is 0 Å². The number of carbonyl (C=O) groups is 1. The average Bonchev–Trinajstić information content (AvgIpc) is 1.86. The van der Waals surface area contributed by atoms with E-state index in [1.54, 1.807) is 6.08 Å². The second-order valence-electron chi connectivity index (χ2n) is 2.62. The minimum atomic E-state index is -0.585. The highest BCUT2D eigenvalue weighted by molar-refractivity contribution is 5.91. The number of hydrogen-bond donors (Lipinski definition) is 2. The summed E-state index contributed by atoms with van der Waals surface area (Å²) in [7, 11) is 0. The van der Waals surface area contributed by atoms with Gasteiger partial charge in [-0.2, -0.15) is 0 Å². The largest absolute Gasteiger partial charge is 0.394 e. The molecule has 4 N–H and O–H groups in total. The highest BCUT2D eigenvalue weighted by atomic mass is 16.1. The van der Waals surface area contributed by atoms with E-state index in [9.17, 15) is 4.79 Å². The zero-order valence-corrected chi connectivity index (χ0v) is 6.87. The average molecular weight is 154 g/mol. The number of primary amides is 1. The first-order chi connectivity index (χ1) is 5.04. The van der Waals surface area contributed by atoms with Crippen molar-refractivity contribution < 1.29 is 4.79 Å². The molecule has 11 heavy (non-hydrogen) atoms. The van der Waals surface area contributed by atoms with Crippen LogP contribution in [0.4, 0.5) is 0 Å². The van der Waals surface area contributed by atoms with Gasteiger partial charge in [0.2, 0.25) is 0 Å². The van der Waals surface area contributed by atoms with Crippen molar-refractivity contribution in [3.63, 3.8) is 0 Å². The van der Waals surface area contributed by atoms with Crippen molar-refractivity contribution >= 4 is 5.91 Å². The van der Waals surface area contributed by atoms with Crippen molar-refractivity contribution in [1.82, 2.24) is 0 Å². The molecule has 0 aromatic carbocycles. The summed E-state index contributed by atoms with van der Waals surface area (Å²) in [6.45, 7) is 4.07. The SMILES string of the molecule is CC(C)/C=C\C=C(/N)C(N)=O. The Labute approximate surface area is 66.8 Å². The number of hydrogen-bond acceptors (Lipinski definition) is 2. The summed E-state index contributed by atoms with van der Waals surface area (Å²) < 4.78 is 0. The third-order valence-corrected chi connectivity index (χ3v) is 1.06. The molecule has 0 aliphatic rings. The van der Waals surface area contributed by atoms with Gasteiger partial charge in [-0.3, -0.25) is 4.79 Å². The van der Waals surface area contributed by atoms with Crippen LogP contribution in [-0.4, -0.2) is 5.91 Å². The minimum Gasteiger partial charge on any atom is -0.394 e. The van der Waals surface area contributed by atoms with E-state index >= 15 is 0 Å². The Kier molecular flexibility index (Phi) is 4.03. The fraction of sp³-hybridized carbons (Fsp3) is 0.375. The maximum atomic E-state index is 10.4. The molecule has 0 aromatic heterocycles. The fourth-order valence-electron chi connectivity index (χ4n) is 0.464. The molecule has 3 nitrogen and oxygen atoms in total. The lowest BCUT2D eigenvalue weighted by Gasteiger charge is -1.92. The van der Waals surface area contributed by atoms with Gasteiger partial charge in [-0.05, 0) is 12.0 Å². The van der Waals surface area contributed by atoms with Crippen molar-refractivity contribution in [2.75, 3.05) is 0 Å². The van der Waals surface area contributed by atoms with Crippen molar-refractivity contribution in [2.24, 2.45) is 17.4 Å². The van der Waals surface area contributed by atoms with E-state index in [1.807, 2.05) is 19.9 Å². The summed E-state index contributed by atoms with van der Waals surface area (Å²) in [4.78, 5) is 10.4. The summed E-state index contributed by atoms with van der Waals surface area (Å²) in [5.74, 6) is -0.134. The highest BCUT2D eigenvalue weighted by Gasteiger charge is 1.93. The smallest absolute Gasteiger partial charge is 0.264 e. The number of rotatable bonds is 3. The molecule has 0 atom stereocenters. The van der Waals surface area contributed by atoms with E-state index in [0.29, 0.717) is 5.92 Å². The Morgan fingerprint density at radius 3 is 2.27 bits per heavy atom. The Bertz CT molecular complexity index is 192. The third-order valence-electron chi connectivity index (χ3n) is 1.06. The van der Waals surface area contributed by atoms with Crippen LogP contribution in [0.1, 0.15) is 13.8 Å². The lowest BCUT2D eigenvalue weighted by atomic mass is 10.2. The monoisotopic (exact) mass is 154 g/mol. The predicted octanol–water partition coefficient (Wildman–Crippen LogP) is 0.527. The summed E-state index contributed by atoms with van der Waals surface area (Å²) >= 11 is 0. The summed E-state index contributed by atoms with van der Waals surface area (Å²) in [6, 6.07) is 0. The molecule has 0 spiro atoms. The first-order valence-corrected chi connectivity index (χ1v) is 3.47. The Hall–Kier alpha value is -1.25. The zero-order valence-electron chi connectivity index (χ0n) is 6.87. The van der Waals surface area contributed by atoms with Crippen LogP contribution in [0.15, 0.2) is 23.9 Å². The molecule has 0 aromatic rings. The molecule has 0 saturated heterocycles. The van der Waals surface area contributed by atoms with E-state index in [4.69, 9.17) is 11.5 Å². The van der Waals surface area contributed by atoms with Crippen molar-refractivity contribution in [2.45, 2.75) is 13.8 Å². The molecule has 1 amide bonds. The lowest BCUT2D eigenvalue weighted by Crippen LogP contribution is -2.19. The Morgan fingerprint density at radius 2 is 1.91 bits per heavy atom. The molecule has 0 heterocycles. The molecule has 0 saturated carbocycles. The molecule has 0 unspecified atom stereocenters. The second-order valence-corrected chi connectivity index (χ2v) is 2.62. The quantitative estimate of drug-likeness (QED) is 0.459. The molecule has 0 rings (SSSR count). The maximum Gasteiger partial charge on any atom is 0.264 e. The predicted molar refractivity (Wildman–Crippen MR) is 45.4 cm³/mol. The normalized spacial score (nSPS) is 12.8. The number of amides is 1. The summed E-state index contributed by atoms with van der Waals surface area (Å²) in [5.41, 5.74) is 10.2. The summed E-state index contributed by atoms with van der Waals surface area (Å²) in [5, 5.41) is 0. The number of nitrogens with two attached hydrogens (primary N) is 2. The molecule has 0 radical (unpaired) electrons. The molecule has 0 aliphatic carbocycles. The molecule has 0 bridgehead atoms. The first-order valence-electron chi connectivity index (χ1n) is 3.47. The molecule has 3 heteroatoms. The van der Waals surface area contributed by atoms with Gasteiger partial charge in [0.15, 0.2) is 0 Å². The van der Waals surface area contributed by atoms with E-state index in [-0.39, 0.29) is 5.70 Å². The molecular weight excluding hydrogens is 140 g/mol. The standard InChI is InChI=1S/C8H14N2O/c1-6(2)4-3-5-7(9)8(10)11/h3-6H,9H2,1-2H3,(H2,10,11)/b4-3-,7-5-. The molecular formula is C8H14N2O. The van der Waals surface area contributed by atoms with Crippen LogP contribution in [0.25, 0.3) is 0 Å². The number of allylic oxidation sites excluding steroid dienone is 3. The van der Waals surface area contributed by atoms with Crippen LogP contribution < -0.4 is 11.5 Å². The van der Waals surface area contributed by atoms with Gasteiger partial charge in [-0.1, -0.05) is 26.0 Å². The van der Waals surface area contributed by atoms with Gasteiger partial charge in [0.05, 0.1) is 5.70 Å². The van der Waals surface area contributed by atoms with Gasteiger partial charge in [0, 0.05) is 0 Å². The molecule has 0 aliphatic heterocycles. The van der Waals surface area contributed by atoms with E-state index in [0.717, 1.165) is 0 Å². The van der Waals surface area contributed by atoms with Crippen molar-refractivity contribution in [3.8, 4) is 0 Å². The van der Waals surface area contributed by atoms with Crippen LogP contribution in [0.5, 0.6) is 0 Å². The fourth-order valence-corrected chi connectivity index (χ4v) is 0.464. The zero-order chi connectivity index (χ0) is 8.85. The van der Waals surface area contributed by atoms with Crippen molar-refractivity contribution in [3.05, 3.63) is 23.9 Å². The Morgan fingerprint density at radius 1 is 1.36 bits per heavy atom. The minimum absolute atomic E-state index is 0.0851. The highest BCUT2D eigenvalue weighted by Crippen LogP contribution is 1.94. The maximum absolute atomic E-state index is 10.4. The molecule has 0 fully saturated rings. The third kappa shape index (κ3) is 5.21. The van der Waals surface area contributed by atoms with Crippen LogP contribution in [-0.2, 0) is 4.79 Å². The lowest BCUT2D eigenvalue weighted by molar-refractivity contribution is -0.114. The van der Waals surface area contributed by atoms with Crippen LogP contribution in [0.3, 0.4) is 0 Å².